The molecule has 3 nitrogen and oxygen atoms in total. The van der Waals surface area contributed by atoms with Crippen LogP contribution in [0.25, 0.3) is 75.8 Å². The van der Waals surface area contributed by atoms with Gasteiger partial charge in [0.15, 0.2) is 5.58 Å². The summed E-state index contributed by atoms with van der Waals surface area (Å²) in [5.74, 6) is 0.628. The molecule has 0 aliphatic carbocycles. The molecule has 0 N–H and O–H groups in total. The van der Waals surface area contributed by atoms with Crippen LogP contribution in [0, 0.1) is 0 Å². The molecule has 8 aromatic carbocycles. The number of hydrogen-bond acceptors (Lipinski definition) is 4. The highest BCUT2D eigenvalue weighted by Crippen LogP contribution is 2.42. The Balaban J connectivity index is 1.11. The minimum absolute atomic E-state index is 0.628. The number of hydrogen-bond donors (Lipinski definition) is 0. The summed E-state index contributed by atoms with van der Waals surface area (Å²) in [5, 5.41) is 5.04. The second kappa shape index (κ2) is 12.1. The van der Waals surface area contributed by atoms with Gasteiger partial charge in [0, 0.05) is 48.4 Å². The second-order valence-corrected chi connectivity index (χ2v) is 13.9. The van der Waals surface area contributed by atoms with E-state index >= 15 is 0 Å². The molecule has 2 heterocycles. The Bertz CT molecular complexity index is 2860. The molecular weight excluding hydrogens is 641 g/mol. The SMILES string of the molecule is c1ccc(-c2nc3c(-c4ccc(N(c5cccc(-c6cccc7ccccc67)c5)c5ccc6sc7ccccc7c6c5)cc4)cccc3o2)cc1. The second-order valence-electron chi connectivity index (χ2n) is 12.8. The van der Waals surface area contributed by atoms with E-state index in [1.165, 1.54) is 42.1 Å². The average molecular weight is 671 g/mol. The maximum atomic E-state index is 6.21. The Kier molecular flexibility index (Phi) is 7.00. The summed E-state index contributed by atoms with van der Waals surface area (Å²) in [6.45, 7) is 0. The third-order valence-corrected chi connectivity index (χ3v) is 10.9. The van der Waals surface area contributed by atoms with Gasteiger partial charge in [-0.3, -0.25) is 0 Å². The minimum Gasteiger partial charge on any atom is -0.436 e. The molecular formula is C47H30N2OS. The van der Waals surface area contributed by atoms with Gasteiger partial charge in [-0.05, 0) is 94.2 Å². The standard InChI is InChI=1S/C47H30N2OS/c1-2-12-33(13-3-1)47-48-46-40(20-10-21-43(46)50-47)32-23-25-35(26-24-32)49(37-27-28-45-42(30-37)41-18-6-7-22-44(41)51-45)36-16-8-15-34(29-36)39-19-9-14-31-11-4-5-17-38(31)39/h1-30H. The van der Waals surface area contributed by atoms with Gasteiger partial charge in [0.25, 0.3) is 0 Å². The predicted molar refractivity (Wildman–Crippen MR) is 215 cm³/mol. The summed E-state index contributed by atoms with van der Waals surface area (Å²) in [6, 6.07) is 64.6. The summed E-state index contributed by atoms with van der Waals surface area (Å²) in [6.07, 6.45) is 0. The molecule has 0 atom stereocenters. The van der Waals surface area contributed by atoms with E-state index in [1.807, 2.05) is 53.8 Å². The Morgan fingerprint density at radius 1 is 0.431 bits per heavy atom. The van der Waals surface area contributed by atoms with Gasteiger partial charge in [-0.2, -0.15) is 0 Å². The van der Waals surface area contributed by atoms with Crippen molar-refractivity contribution < 1.29 is 4.42 Å². The number of aromatic nitrogens is 1. The summed E-state index contributed by atoms with van der Waals surface area (Å²) in [5.41, 5.74) is 10.4. The Morgan fingerprint density at radius 3 is 2.00 bits per heavy atom. The highest BCUT2D eigenvalue weighted by molar-refractivity contribution is 7.25. The van der Waals surface area contributed by atoms with E-state index in [-0.39, 0.29) is 0 Å². The van der Waals surface area contributed by atoms with E-state index in [2.05, 4.69) is 144 Å². The number of nitrogens with zero attached hydrogens (tertiary/aromatic N) is 2. The molecule has 0 spiro atoms. The number of fused-ring (bicyclic) bond motifs is 5. The zero-order valence-corrected chi connectivity index (χ0v) is 28.3. The molecule has 4 heteroatoms. The van der Waals surface area contributed by atoms with Crippen molar-refractivity contribution in [2.75, 3.05) is 4.90 Å². The van der Waals surface area contributed by atoms with Crippen LogP contribution in [0.3, 0.4) is 0 Å². The molecule has 51 heavy (non-hydrogen) atoms. The Labute approximate surface area is 299 Å². The molecule has 240 valence electrons. The monoisotopic (exact) mass is 670 g/mol. The molecule has 0 amide bonds. The van der Waals surface area contributed by atoms with Gasteiger partial charge in [0.1, 0.15) is 5.52 Å². The molecule has 10 rings (SSSR count). The van der Waals surface area contributed by atoms with E-state index in [9.17, 15) is 0 Å². The molecule has 0 fully saturated rings. The van der Waals surface area contributed by atoms with Crippen LogP contribution in [-0.2, 0) is 0 Å². The lowest BCUT2D eigenvalue weighted by molar-refractivity contribution is 0.620. The van der Waals surface area contributed by atoms with Gasteiger partial charge in [0.2, 0.25) is 5.89 Å². The van der Waals surface area contributed by atoms with Gasteiger partial charge in [-0.1, -0.05) is 115 Å². The third kappa shape index (κ3) is 5.16. The summed E-state index contributed by atoms with van der Waals surface area (Å²) >= 11 is 1.84. The normalized spacial score (nSPS) is 11.5. The number of para-hydroxylation sites is 1. The summed E-state index contributed by atoms with van der Waals surface area (Å²) in [4.78, 5) is 7.31. The highest BCUT2D eigenvalue weighted by Gasteiger charge is 2.18. The lowest BCUT2D eigenvalue weighted by Gasteiger charge is -2.26. The molecule has 0 aliphatic heterocycles. The van der Waals surface area contributed by atoms with E-state index in [0.717, 1.165) is 44.9 Å². The number of anilines is 3. The van der Waals surface area contributed by atoms with Crippen LogP contribution in [-0.4, -0.2) is 4.98 Å². The molecule has 10 aromatic rings. The third-order valence-electron chi connectivity index (χ3n) is 9.70. The molecule has 0 bridgehead atoms. The number of benzene rings is 8. The first-order valence-corrected chi connectivity index (χ1v) is 17.9. The molecule has 0 aliphatic rings. The van der Waals surface area contributed by atoms with E-state index < -0.39 is 0 Å². The maximum Gasteiger partial charge on any atom is 0.227 e. The van der Waals surface area contributed by atoms with Crippen LogP contribution in [0.15, 0.2) is 186 Å². The smallest absolute Gasteiger partial charge is 0.227 e. The minimum atomic E-state index is 0.628. The Hall–Kier alpha value is -6.49. The van der Waals surface area contributed by atoms with Crippen LogP contribution in [0.1, 0.15) is 0 Å². The largest absolute Gasteiger partial charge is 0.436 e. The summed E-state index contributed by atoms with van der Waals surface area (Å²) in [7, 11) is 0. The predicted octanol–water partition coefficient (Wildman–Crippen LogP) is 13.8. The van der Waals surface area contributed by atoms with Crippen molar-refractivity contribution in [3.8, 4) is 33.7 Å². The number of oxazole rings is 1. The first kappa shape index (κ1) is 29.4. The fourth-order valence-electron chi connectivity index (χ4n) is 7.27. The molecule has 0 saturated heterocycles. The average Bonchev–Trinajstić information content (AvgIpc) is 3.81. The van der Waals surface area contributed by atoms with Crippen LogP contribution < -0.4 is 4.90 Å². The van der Waals surface area contributed by atoms with E-state index in [0.29, 0.717) is 5.89 Å². The fraction of sp³-hybridized carbons (Fsp3) is 0. The lowest BCUT2D eigenvalue weighted by atomic mass is 9.97. The van der Waals surface area contributed by atoms with Crippen molar-refractivity contribution in [3.63, 3.8) is 0 Å². The van der Waals surface area contributed by atoms with Crippen molar-refractivity contribution in [2.24, 2.45) is 0 Å². The van der Waals surface area contributed by atoms with Gasteiger partial charge in [0.05, 0.1) is 0 Å². The quantitative estimate of drug-likeness (QED) is 0.176. The van der Waals surface area contributed by atoms with Crippen LogP contribution in [0.5, 0.6) is 0 Å². The Morgan fingerprint density at radius 2 is 1.10 bits per heavy atom. The number of rotatable bonds is 6. The molecule has 2 aromatic heterocycles. The van der Waals surface area contributed by atoms with E-state index in [1.54, 1.807) is 0 Å². The number of thiophene rings is 1. The van der Waals surface area contributed by atoms with Crippen LogP contribution in [0.2, 0.25) is 0 Å². The first-order valence-electron chi connectivity index (χ1n) is 17.1. The van der Waals surface area contributed by atoms with Crippen molar-refractivity contribution >= 4 is 70.4 Å². The topological polar surface area (TPSA) is 29.3 Å². The highest BCUT2D eigenvalue weighted by atomic mass is 32.1. The zero-order chi connectivity index (χ0) is 33.7. The van der Waals surface area contributed by atoms with Crippen molar-refractivity contribution in [1.82, 2.24) is 4.98 Å². The van der Waals surface area contributed by atoms with Crippen LogP contribution >= 0.6 is 11.3 Å². The van der Waals surface area contributed by atoms with Crippen molar-refractivity contribution in [1.29, 1.82) is 0 Å². The van der Waals surface area contributed by atoms with Crippen molar-refractivity contribution in [2.45, 2.75) is 0 Å². The van der Waals surface area contributed by atoms with Gasteiger partial charge < -0.3 is 9.32 Å². The summed E-state index contributed by atoms with van der Waals surface area (Å²) < 4.78 is 8.80. The first-order chi connectivity index (χ1) is 25.3. The molecule has 0 radical (unpaired) electrons. The zero-order valence-electron chi connectivity index (χ0n) is 27.5. The maximum absolute atomic E-state index is 6.21. The van der Waals surface area contributed by atoms with E-state index in [4.69, 9.17) is 9.40 Å². The van der Waals surface area contributed by atoms with Gasteiger partial charge >= 0.3 is 0 Å². The molecule has 0 unspecified atom stereocenters. The fourth-order valence-corrected chi connectivity index (χ4v) is 8.35. The van der Waals surface area contributed by atoms with Crippen molar-refractivity contribution in [3.05, 3.63) is 182 Å². The lowest BCUT2D eigenvalue weighted by Crippen LogP contribution is -2.10. The molecule has 0 saturated carbocycles. The van der Waals surface area contributed by atoms with Crippen LogP contribution in [0.4, 0.5) is 17.1 Å². The van der Waals surface area contributed by atoms with Gasteiger partial charge in [-0.25, -0.2) is 4.98 Å². The van der Waals surface area contributed by atoms with Gasteiger partial charge in [-0.15, -0.1) is 11.3 Å².